The van der Waals surface area contributed by atoms with Gasteiger partial charge in [0.05, 0.1) is 26.7 Å². The summed E-state index contributed by atoms with van der Waals surface area (Å²) in [5.74, 6) is 0.615. The van der Waals surface area contributed by atoms with Crippen molar-refractivity contribution in [3.63, 3.8) is 0 Å². The second-order valence-electron chi connectivity index (χ2n) is 5.56. The topological polar surface area (TPSA) is 67.8 Å². The highest BCUT2D eigenvalue weighted by Crippen LogP contribution is 2.33. The Hall–Kier alpha value is -1.59. The summed E-state index contributed by atoms with van der Waals surface area (Å²) < 4.78 is 9.87. The van der Waals surface area contributed by atoms with Crippen molar-refractivity contribution in [1.29, 1.82) is 0 Å². The van der Waals surface area contributed by atoms with E-state index in [0.717, 1.165) is 11.3 Å². The van der Waals surface area contributed by atoms with E-state index in [9.17, 15) is 9.90 Å². The fourth-order valence-electron chi connectivity index (χ4n) is 2.84. The van der Waals surface area contributed by atoms with E-state index in [-0.39, 0.29) is 30.4 Å². The van der Waals surface area contributed by atoms with Gasteiger partial charge in [0.2, 0.25) is 0 Å². The first-order valence-corrected chi connectivity index (χ1v) is 7.20. The van der Waals surface area contributed by atoms with Gasteiger partial charge in [0, 0.05) is 18.0 Å². The maximum atomic E-state index is 11.4. The van der Waals surface area contributed by atoms with E-state index in [4.69, 9.17) is 9.47 Å². The van der Waals surface area contributed by atoms with Crippen LogP contribution in [0.2, 0.25) is 0 Å². The van der Waals surface area contributed by atoms with Crippen molar-refractivity contribution in [3.8, 4) is 5.75 Å². The van der Waals surface area contributed by atoms with Gasteiger partial charge in [0.15, 0.2) is 0 Å². The normalized spacial score (nSPS) is 29.0. The van der Waals surface area contributed by atoms with Crippen molar-refractivity contribution < 1.29 is 19.4 Å². The van der Waals surface area contributed by atoms with Crippen LogP contribution in [0.1, 0.15) is 31.4 Å². The van der Waals surface area contributed by atoms with Gasteiger partial charge in [0.1, 0.15) is 5.75 Å². The summed E-state index contributed by atoms with van der Waals surface area (Å²) in [6, 6.07) is 7.71. The molecule has 0 aromatic heterocycles. The molecule has 0 bridgehead atoms. The van der Waals surface area contributed by atoms with Crippen LogP contribution in [0.4, 0.5) is 0 Å². The summed E-state index contributed by atoms with van der Waals surface area (Å²) in [4.78, 5) is 11.4. The first-order chi connectivity index (χ1) is 10.0. The molecule has 0 spiro atoms. The lowest BCUT2D eigenvalue weighted by atomic mass is 9.82. The van der Waals surface area contributed by atoms with Crippen molar-refractivity contribution in [3.05, 3.63) is 29.8 Å². The van der Waals surface area contributed by atoms with E-state index < -0.39 is 6.10 Å². The summed E-state index contributed by atoms with van der Waals surface area (Å²) >= 11 is 0. The van der Waals surface area contributed by atoms with Gasteiger partial charge < -0.3 is 19.9 Å². The minimum atomic E-state index is -0.437. The number of esters is 1. The Labute approximate surface area is 125 Å². The second-order valence-corrected chi connectivity index (χ2v) is 5.56. The quantitative estimate of drug-likeness (QED) is 0.826. The molecule has 0 saturated carbocycles. The van der Waals surface area contributed by atoms with E-state index in [0.29, 0.717) is 6.42 Å². The van der Waals surface area contributed by atoms with Crippen LogP contribution in [-0.4, -0.2) is 37.4 Å². The fraction of sp³-hybridized carbons (Fsp3) is 0.562. The predicted octanol–water partition coefficient (Wildman–Crippen LogP) is 1.66. The number of carbonyl (C=O) groups is 1. The van der Waals surface area contributed by atoms with Gasteiger partial charge in [0.25, 0.3) is 0 Å². The molecule has 2 N–H and O–H groups in total. The van der Waals surface area contributed by atoms with Crippen LogP contribution in [0, 0.1) is 5.92 Å². The third-order valence-corrected chi connectivity index (χ3v) is 4.19. The number of carbonyl (C=O) groups excluding carboxylic acids is 1. The average Bonchev–Trinajstić information content (AvgIpc) is 2.50. The number of nitrogens with one attached hydrogen (secondary N) is 1. The standard InChI is InChI=1S/C16H23NO4/c1-10-14(18)8-12(9-15(19)21-3)17-16(10)11-4-6-13(20-2)7-5-11/h4-7,10,12,14,16-18H,8-9H2,1-3H3/t10-,12-,14-,16+/m1/s1. The van der Waals surface area contributed by atoms with E-state index in [1.54, 1.807) is 7.11 Å². The largest absolute Gasteiger partial charge is 0.497 e. The molecule has 0 amide bonds. The van der Waals surface area contributed by atoms with E-state index >= 15 is 0 Å². The number of hydrogen-bond acceptors (Lipinski definition) is 5. The van der Waals surface area contributed by atoms with Gasteiger partial charge >= 0.3 is 5.97 Å². The van der Waals surface area contributed by atoms with Crippen molar-refractivity contribution in [2.24, 2.45) is 5.92 Å². The first kappa shape index (κ1) is 15.8. The van der Waals surface area contributed by atoms with Crippen LogP contribution in [0.15, 0.2) is 24.3 Å². The summed E-state index contributed by atoms with van der Waals surface area (Å²) in [7, 11) is 3.01. The third kappa shape index (κ3) is 3.74. The molecule has 5 heteroatoms. The molecular weight excluding hydrogens is 270 g/mol. The average molecular weight is 293 g/mol. The molecule has 4 atom stereocenters. The number of aliphatic hydroxyl groups is 1. The lowest BCUT2D eigenvalue weighted by Gasteiger charge is -2.39. The number of ether oxygens (including phenoxy) is 2. The highest BCUT2D eigenvalue weighted by molar-refractivity contribution is 5.69. The Balaban J connectivity index is 2.13. The third-order valence-electron chi connectivity index (χ3n) is 4.19. The highest BCUT2D eigenvalue weighted by atomic mass is 16.5. The zero-order chi connectivity index (χ0) is 15.4. The molecule has 1 saturated heterocycles. The Bertz CT molecular complexity index is 474. The number of piperidine rings is 1. The summed E-state index contributed by atoms with van der Waals surface area (Å²) in [6.07, 6.45) is 0.392. The number of methoxy groups -OCH3 is 2. The van der Waals surface area contributed by atoms with Crippen LogP contribution in [0.25, 0.3) is 0 Å². The Morgan fingerprint density at radius 2 is 2.00 bits per heavy atom. The predicted molar refractivity (Wildman–Crippen MR) is 79.1 cm³/mol. The molecule has 1 aliphatic rings. The highest BCUT2D eigenvalue weighted by Gasteiger charge is 2.35. The maximum Gasteiger partial charge on any atom is 0.307 e. The molecule has 0 aliphatic carbocycles. The molecule has 116 valence electrons. The van der Waals surface area contributed by atoms with Crippen LogP contribution in [0.5, 0.6) is 5.75 Å². The molecule has 1 aromatic carbocycles. The minimum absolute atomic E-state index is 0.00862. The first-order valence-electron chi connectivity index (χ1n) is 7.20. The van der Waals surface area contributed by atoms with Crippen LogP contribution < -0.4 is 10.1 Å². The molecule has 1 aliphatic heterocycles. The molecule has 0 unspecified atom stereocenters. The monoisotopic (exact) mass is 293 g/mol. The zero-order valence-electron chi connectivity index (χ0n) is 12.7. The number of rotatable bonds is 4. The van der Waals surface area contributed by atoms with Gasteiger partial charge in [-0.25, -0.2) is 0 Å². The van der Waals surface area contributed by atoms with Crippen LogP contribution in [-0.2, 0) is 9.53 Å². The van der Waals surface area contributed by atoms with E-state index in [1.165, 1.54) is 7.11 Å². The molecular formula is C16H23NO4. The number of aliphatic hydroxyl groups excluding tert-OH is 1. The van der Waals surface area contributed by atoms with Gasteiger partial charge in [-0.05, 0) is 24.1 Å². The number of benzene rings is 1. The minimum Gasteiger partial charge on any atom is -0.497 e. The SMILES string of the molecule is COC(=O)C[C@H]1C[C@@H](O)[C@@H](C)[C@@H](c2ccc(OC)cc2)N1. The van der Waals surface area contributed by atoms with Gasteiger partial charge in [-0.1, -0.05) is 19.1 Å². The molecule has 1 fully saturated rings. The maximum absolute atomic E-state index is 11.4. The number of hydrogen-bond donors (Lipinski definition) is 2. The van der Waals surface area contributed by atoms with Crippen molar-refractivity contribution >= 4 is 5.97 Å². The Morgan fingerprint density at radius 3 is 2.57 bits per heavy atom. The van der Waals surface area contributed by atoms with E-state index in [2.05, 4.69) is 5.32 Å². The smallest absolute Gasteiger partial charge is 0.307 e. The molecule has 1 aromatic rings. The lowest BCUT2D eigenvalue weighted by molar-refractivity contribution is -0.141. The Morgan fingerprint density at radius 1 is 1.33 bits per heavy atom. The second kappa shape index (κ2) is 6.91. The molecule has 5 nitrogen and oxygen atoms in total. The van der Waals surface area contributed by atoms with E-state index in [1.807, 2.05) is 31.2 Å². The molecule has 2 rings (SSSR count). The zero-order valence-corrected chi connectivity index (χ0v) is 12.7. The molecule has 0 radical (unpaired) electrons. The summed E-state index contributed by atoms with van der Waals surface area (Å²) in [5.41, 5.74) is 1.08. The fourth-order valence-corrected chi connectivity index (χ4v) is 2.84. The van der Waals surface area contributed by atoms with Crippen molar-refractivity contribution in [1.82, 2.24) is 5.32 Å². The summed E-state index contributed by atoms with van der Waals surface area (Å²) in [5, 5.41) is 13.7. The van der Waals surface area contributed by atoms with Gasteiger partial charge in [-0.15, -0.1) is 0 Å². The van der Waals surface area contributed by atoms with Gasteiger partial charge in [-0.2, -0.15) is 0 Å². The van der Waals surface area contributed by atoms with Crippen LogP contribution in [0.3, 0.4) is 0 Å². The van der Waals surface area contributed by atoms with Crippen molar-refractivity contribution in [2.75, 3.05) is 14.2 Å². The van der Waals surface area contributed by atoms with Gasteiger partial charge in [-0.3, -0.25) is 4.79 Å². The molecule has 21 heavy (non-hydrogen) atoms. The Kier molecular flexibility index (Phi) is 5.20. The lowest BCUT2D eigenvalue weighted by Crippen LogP contribution is -2.48. The summed E-state index contributed by atoms with van der Waals surface area (Å²) in [6.45, 7) is 2.01. The van der Waals surface area contributed by atoms with Crippen LogP contribution >= 0.6 is 0 Å². The molecule has 1 heterocycles. The van der Waals surface area contributed by atoms with Crippen molar-refractivity contribution in [2.45, 2.75) is 38.0 Å².